The summed E-state index contributed by atoms with van der Waals surface area (Å²) in [4.78, 5) is 2.50. The zero-order valence-corrected chi connectivity index (χ0v) is 9.91. The smallest absolute Gasteiger partial charge is 0.141 e. The Hall–Kier alpha value is -1.22. The lowest BCUT2D eigenvalue weighted by atomic mass is 10.3. The van der Waals surface area contributed by atoms with Gasteiger partial charge in [-0.15, -0.1) is 0 Å². The Kier molecular flexibility index (Phi) is 4.05. The quantitative estimate of drug-likeness (QED) is 0.823. The van der Waals surface area contributed by atoms with E-state index in [-0.39, 0.29) is 0 Å². The fourth-order valence-corrected chi connectivity index (χ4v) is 2.15. The molecule has 1 aromatic carbocycles. The minimum Gasteiger partial charge on any atom is -0.495 e. The van der Waals surface area contributed by atoms with Crippen LogP contribution in [-0.2, 0) is 0 Å². The number of methoxy groups -OCH3 is 1. The first-order chi connectivity index (χ1) is 7.90. The molecule has 0 aliphatic carbocycles. The van der Waals surface area contributed by atoms with Gasteiger partial charge in [-0.05, 0) is 38.1 Å². The Morgan fingerprint density at radius 1 is 1.25 bits per heavy atom. The van der Waals surface area contributed by atoms with Crippen molar-refractivity contribution in [3.8, 4) is 5.75 Å². The van der Waals surface area contributed by atoms with Gasteiger partial charge >= 0.3 is 0 Å². The SMILES string of the molecule is COc1ccccc1NCCN1CCCC1. The minimum absolute atomic E-state index is 0.920. The number of nitrogens with one attached hydrogen (secondary N) is 1. The van der Waals surface area contributed by atoms with Gasteiger partial charge in [0.1, 0.15) is 5.75 Å². The zero-order valence-electron chi connectivity index (χ0n) is 9.91. The molecule has 3 heteroatoms. The highest BCUT2D eigenvalue weighted by molar-refractivity contribution is 5.56. The van der Waals surface area contributed by atoms with Crippen LogP contribution >= 0.6 is 0 Å². The van der Waals surface area contributed by atoms with Gasteiger partial charge in [0.05, 0.1) is 12.8 Å². The second kappa shape index (κ2) is 5.75. The number of para-hydroxylation sites is 2. The molecule has 1 aliphatic heterocycles. The van der Waals surface area contributed by atoms with Crippen molar-refractivity contribution in [2.45, 2.75) is 12.8 Å². The van der Waals surface area contributed by atoms with E-state index in [0.717, 1.165) is 24.5 Å². The molecule has 3 nitrogen and oxygen atoms in total. The number of rotatable bonds is 5. The fraction of sp³-hybridized carbons (Fsp3) is 0.538. The van der Waals surface area contributed by atoms with Crippen molar-refractivity contribution in [3.05, 3.63) is 24.3 Å². The second-order valence-corrected chi connectivity index (χ2v) is 4.18. The highest BCUT2D eigenvalue weighted by Crippen LogP contribution is 2.22. The van der Waals surface area contributed by atoms with Crippen LogP contribution in [0.4, 0.5) is 5.69 Å². The summed E-state index contributed by atoms with van der Waals surface area (Å²) in [5.74, 6) is 0.920. The number of nitrogens with zero attached hydrogens (tertiary/aromatic N) is 1. The zero-order chi connectivity index (χ0) is 11.2. The summed E-state index contributed by atoms with van der Waals surface area (Å²) in [6, 6.07) is 8.06. The molecule has 88 valence electrons. The van der Waals surface area contributed by atoms with Gasteiger partial charge in [0.2, 0.25) is 0 Å². The fourth-order valence-electron chi connectivity index (χ4n) is 2.15. The number of hydrogen-bond acceptors (Lipinski definition) is 3. The molecule has 0 spiro atoms. The molecule has 0 unspecified atom stereocenters. The van der Waals surface area contributed by atoms with Crippen molar-refractivity contribution in [3.63, 3.8) is 0 Å². The monoisotopic (exact) mass is 220 g/mol. The Morgan fingerprint density at radius 3 is 2.75 bits per heavy atom. The van der Waals surface area contributed by atoms with Crippen LogP contribution in [0.5, 0.6) is 5.75 Å². The Morgan fingerprint density at radius 2 is 2.00 bits per heavy atom. The van der Waals surface area contributed by atoms with E-state index in [1.165, 1.54) is 25.9 Å². The number of ether oxygens (including phenoxy) is 1. The van der Waals surface area contributed by atoms with Crippen molar-refractivity contribution >= 4 is 5.69 Å². The third-order valence-electron chi connectivity index (χ3n) is 3.05. The van der Waals surface area contributed by atoms with E-state index in [1.54, 1.807) is 7.11 Å². The van der Waals surface area contributed by atoms with E-state index in [2.05, 4.69) is 16.3 Å². The second-order valence-electron chi connectivity index (χ2n) is 4.18. The normalized spacial score (nSPS) is 16.3. The van der Waals surface area contributed by atoms with Gasteiger partial charge in [-0.3, -0.25) is 0 Å². The van der Waals surface area contributed by atoms with Crippen molar-refractivity contribution in [2.75, 3.05) is 38.6 Å². The number of hydrogen-bond donors (Lipinski definition) is 1. The Balaban J connectivity index is 1.79. The predicted octanol–water partition coefficient (Wildman–Crippen LogP) is 2.20. The summed E-state index contributed by atoms with van der Waals surface area (Å²) in [7, 11) is 1.71. The summed E-state index contributed by atoms with van der Waals surface area (Å²) in [6.07, 6.45) is 2.71. The van der Waals surface area contributed by atoms with Gasteiger partial charge in [0.25, 0.3) is 0 Å². The molecule has 0 radical (unpaired) electrons. The molecule has 2 rings (SSSR count). The highest BCUT2D eigenvalue weighted by Gasteiger charge is 2.10. The first kappa shape index (κ1) is 11.3. The van der Waals surface area contributed by atoms with Crippen LogP contribution < -0.4 is 10.1 Å². The summed E-state index contributed by atoms with van der Waals surface area (Å²) in [5.41, 5.74) is 1.09. The Bertz CT molecular complexity index is 321. The van der Waals surface area contributed by atoms with Crippen LogP contribution in [0.15, 0.2) is 24.3 Å². The van der Waals surface area contributed by atoms with Gasteiger partial charge in [-0.25, -0.2) is 0 Å². The molecule has 0 bridgehead atoms. The van der Waals surface area contributed by atoms with Crippen molar-refractivity contribution < 1.29 is 4.74 Å². The van der Waals surface area contributed by atoms with E-state index >= 15 is 0 Å². The highest BCUT2D eigenvalue weighted by atomic mass is 16.5. The molecule has 0 amide bonds. The van der Waals surface area contributed by atoms with Crippen LogP contribution in [-0.4, -0.2) is 38.2 Å². The van der Waals surface area contributed by atoms with Gasteiger partial charge in [0, 0.05) is 13.1 Å². The molecule has 1 fully saturated rings. The lowest BCUT2D eigenvalue weighted by Crippen LogP contribution is -2.26. The standard InChI is InChI=1S/C13H20N2O/c1-16-13-7-3-2-6-12(13)14-8-11-15-9-4-5-10-15/h2-3,6-7,14H,4-5,8-11H2,1H3. The van der Waals surface area contributed by atoms with E-state index in [9.17, 15) is 0 Å². The van der Waals surface area contributed by atoms with Crippen LogP contribution in [0.1, 0.15) is 12.8 Å². The molecular formula is C13H20N2O. The molecular weight excluding hydrogens is 200 g/mol. The molecule has 0 aromatic heterocycles. The van der Waals surface area contributed by atoms with E-state index in [0.29, 0.717) is 0 Å². The average molecular weight is 220 g/mol. The first-order valence-corrected chi connectivity index (χ1v) is 5.99. The van der Waals surface area contributed by atoms with Crippen LogP contribution in [0, 0.1) is 0 Å². The van der Waals surface area contributed by atoms with Crippen molar-refractivity contribution in [1.29, 1.82) is 0 Å². The van der Waals surface area contributed by atoms with E-state index in [1.807, 2.05) is 18.2 Å². The maximum absolute atomic E-state index is 5.29. The third kappa shape index (κ3) is 2.89. The van der Waals surface area contributed by atoms with Gasteiger partial charge in [-0.2, -0.15) is 0 Å². The maximum Gasteiger partial charge on any atom is 0.141 e. The third-order valence-corrected chi connectivity index (χ3v) is 3.05. The molecule has 1 saturated heterocycles. The van der Waals surface area contributed by atoms with Crippen LogP contribution in [0.2, 0.25) is 0 Å². The topological polar surface area (TPSA) is 24.5 Å². The van der Waals surface area contributed by atoms with Gasteiger partial charge in [-0.1, -0.05) is 12.1 Å². The molecule has 16 heavy (non-hydrogen) atoms. The summed E-state index contributed by atoms with van der Waals surface area (Å²) < 4.78 is 5.29. The minimum atomic E-state index is 0.920. The number of likely N-dealkylation sites (tertiary alicyclic amines) is 1. The maximum atomic E-state index is 5.29. The molecule has 1 N–H and O–H groups in total. The molecule has 0 saturated carbocycles. The van der Waals surface area contributed by atoms with Gasteiger partial charge in [0.15, 0.2) is 0 Å². The summed E-state index contributed by atoms with van der Waals surface area (Å²) in [6.45, 7) is 4.62. The molecule has 1 heterocycles. The van der Waals surface area contributed by atoms with Crippen molar-refractivity contribution in [2.24, 2.45) is 0 Å². The molecule has 0 atom stereocenters. The molecule has 1 aromatic rings. The number of anilines is 1. The molecule has 1 aliphatic rings. The largest absolute Gasteiger partial charge is 0.495 e. The van der Waals surface area contributed by atoms with Crippen molar-refractivity contribution in [1.82, 2.24) is 4.90 Å². The lowest BCUT2D eigenvalue weighted by molar-refractivity contribution is 0.352. The van der Waals surface area contributed by atoms with E-state index in [4.69, 9.17) is 4.74 Å². The summed E-state index contributed by atoms with van der Waals surface area (Å²) in [5, 5.41) is 3.42. The van der Waals surface area contributed by atoms with Crippen LogP contribution in [0.25, 0.3) is 0 Å². The van der Waals surface area contributed by atoms with E-state index < -0.39 is 0 Å². The van der Waals surface area contributed by atoms with Gasteiger partial charge < -0.3 is 15.0 Å². The lowest BCUT2D eigenvalue weighted by Gasteiger charge is -2.16. The number of benzene rings is 1. The van der Waals surface area contributed by atoms with Crippen LogP contribution in [0.3, 0.4) is 0 Å². The predicted molar refractivity (Wildman–Crippen MR) is 67.2 cm³/mol. The summed E-state index contributed by atoms with van der Waals surface area (Å²) >= 11 is 0. The first-order valence-electron chi connectivity index (χ1n) is 5.99. The Labute approximate surface area is 97.4 Å². The average Bonchev–Trinajstić information content (AvgIpc) is 2.83.